The minimum atomic E-state index is -0.844. The predicted octanol–water partition coefficient (Wildman–Crippen LogP) is 13.6. The number of ether oxygens (including phenoxy) is 14. The van der Waals surface area contributed by atoms with Crippen molar-refractivity contribution in [1.82, 2.24) is 0 Å². The molecule has 108 heavy (non-hydrogen) atoms. The Morgan fingerprint density at radius 2 is 0.583 bits per heavy atom. The molecule has 2 atom stereocenters. The first-order chi connectivity index (χ1) is 52.7. The van der Waals surface area contributed by atoms with Crippen LogP contribution in [0.5, 0.6) is 11.5 Å². The van der Waals surface area contributed by atoms with Crippen molar-refractivity contribution < 1.29 is 85.5 Å². The lowest BCUT2D eigenvalue weighted by Gasteiger charge is -2.39. The first-order valence-electron chi connectivity index (χ1n) is 39.6. The smallest absolute Gasteiger partial charge is 0.122 e. The highest BCUT2D eigenvalue weighted by Crippen LogP contribution is 2.63. The third kappa shape index (κ3) is 20.8. The molecule has 0 heterocycles. The Hall–Kier alpha value is -6.50. The number of rotatable bonds is 54. The van der Waals surface area contributed by atoms with E-state index >= 15 is 0 Å². The van der Waals surface area contributed by atoms with E-state index in [0.29, 0.717) is 145 Å². The maximum Gasteiger partial charge on any atom is 0.122 e. The second-order valence-corrected chi connectivity index (χ2v) is 28.5. The Morgan fingerprint density at radius 3 is 0.907 bits per heavy atom. The molecule has 18 heteroatoms. The molecule has 0 bridgehead atoms. The minimum Gasteiger partial charge on any atom is -0.491 e. The highest BCUT2D eigenvalue weighted by Gasteiger charge is 2.52. The maximum atomic E-state index is 9.23. The van der Waals surface area contributed by atoms with E-state index < -0.39 is 10.8 Å². The van der Waals surface area contributed by atoms with E-state index in [4.69, 9.17) is 66.3 Å². The van der Waals surface area contributed by atoms with Gasteiger partial charge in [-0.15, -0.1) is 0 Å². The average molecular weight is 1490 g/mol. The van der Waals surface area contributed by atoms with Crippen LogP contribution in [-0.4, -0.2) is 231 Å². The first-order valence-corrected chi connectivity index (χ1v) is 39.6. The van der Waals surface area contributed by atoms with Crippen LogP contribution in [0, 0.1) is 27.7 Å². The van der Waals surface area contributed by atoms with E-state index in [1.807, 2.05) is 0 Å². The second-order valence-electron chi connectivity index (χ2n) is 28.5. The summed E-state index contributed by atoms with van der Waals surface area (Å²) in [5, 5.41) is 18.5. The lowest BCUT2D eigenvalue weighted by atomic mass is 9.65. The van der Waals surface area contributed by atoms with Crippen LogP contribution in [0.3, 0.4) is 0 Å². The molecular formula is C90H126N2O16+2. The van der Waals surface area contributed by atoms with Crippen LogP contribution in [0.2, 0.25) is 0 Å². The van der Waals surface area contributed by atoms with Crippen molar-refractivity contribution in [3.05, 3.63) is 210 Å². The number of aliphatic hydroxyl groups excluding tert-OH is 2. The molecule has 0 fully saturated rings. The van der Waals surface area contributed by atoms with Gasteiger partial charge in [0.15, 0.2) is 0 Å². The van der Waals surface area contributed by atoms with Crippen LogP contribution in [0.25, 0.3) is 22.3 Å². The van der Waals surface area contributed by atoms with E-state index in [2.05, 4.69) is 191 Å². The zero-order chi connectivity index (χ0) is 76.8. The number of aryl methyl sites for hydroxylation is 4. The van der Waals surface area contributed by atoms with Crippen molar-refractivity contribution in [3.63, 3.8) is 0 Å². The summed E-state index contributed by atoms with van der Waals surface area (Å²) >= 11 is 0. The van der Waals surface area contributed by atoms with Crippen molar-refractivity contribution in [3.8, 4) is 33.8 Å². The molecular weight excluding hydrogens is 1360 g/mol. The zero-order valence-corrected chi connectivity index (χ0v) is 67.1. The van der Waals surface area contributed by atoms with E-state index in [9.17, 15) is 10.2 Å². The molecule has 2 aliphatic rings. The van der Waals surface area contributed by atoms with Crippen molar-refractivity contribution in [1.29, 1.82) is 0 Å². The van der Waals surface area contributed by atoms with Gasteiger partial charge in [0.1, 0.15) is 37.8 Å². The van der Waals surface area contributed by atoms with Crippen LogP contribution in [0.1, 0.15) is 131 Å². The molecule has 590 valence electrons. The number of quaternary nitrogens is 2. The van der Waals surface area contributed by atoms with E-state index in [0.717, 1.165) is 106 Å². The Balaban J connectivity index is 1.27. The van der Waals surface area contributed by atoms with Gasteiger partial charge in [-0.2, -0.15) is 0 Å². The molecule has 0 saturated carbocycles. The van der Waals surface area contributed by atoms with Gasteiger partial charge in [0.25, 0.3) is 0 Å². The lowest BCUT2D eigenvalue weighted by Crippen LogP contribution is -2.47. The van der Waals surface area contributed by atoms with Gasteiger partial charge in [0.05, 0.1) is 209 Å². The van der Waals surface area contributed by atoms with Crippen LogP contribution in [-0.2, 0) is 94.0 Å². The molecule has 0 amide bonds. The largest absolute Gasteiger partial charge is 0.491 e. The third-order valence-electron chi connectivity index (χ3n) is 22.3. The fourth-order valence-electron chi connectivity index (χ4n) is 15.8. The third-order valence-corrected chi connectivity index (χ3v) is 22.3. The van der Waals surface area contributed by atoms with Gasteiger partial charge in [0.2, 0.25) is 0 Å². The van der Waals surface area contributed by atoms with Gasteiger partial charge in [-0.1, -0.05) is 96.1 Å². The lowest BCUT2D eigenvalue weighted by molar-refractivity contribution is -0.936. The van der Waals surface area contributed by atoms with Gasteiger partial charge in [0, 0.05) is 25.3 Å². The van der Waals surface area contributed by atoms with Crippen molar-refractivity contribution in [2.75, 3.05) is 212 Å². The van der Waals surface area contributed by atoms with Crippen LogP contribution in [0.15, 0.2) is 121 Å². The number of nitrogens with zero attached hydrogens (tertiary/aromatic N) is 2. The fraction of sp³-hybridized carbons (Fsp3) is 0.533. The van der Waals surface area contributed by atoms with E-state index in [1.54, 1.807) is 14.2 Å². The number of aliphatic hydroxyl groups is 2. The van der Waals surface area contributed by atoms with Crippen molar-refractivity contribution in [2.24, 2.45) is 0 Å². The summed E-state index contributed by atoms with van der Waals surface area (Å²) in [4.78, 5) is 0. The van der Waals surface area contributed by atoms with Crippen molar-refractivity contribution in [2.45, 2.75) is 106 Å². The van der Waals surface area contributed by atoms with Crippen LogP contribution >= 0.6 is 0 Å². The normalized spacial score (nSPS) is 15.2. The van der Waals surface area contributed by atoms with Crippen LogP contribution in [0.4, 0.5) is 0 Å². The standard InChI is InChI=1S/C90H126N2O16/c1-13-91(14-2,15-3)63-73-59-77(23-21-71(73)65-105-49-47-101-41-39-97-33-31-93)89(75-25-29-87(69(9)57-75)107-53-51-103-45-43-99-37-35-95-11)83-55-67(7)19-27-79(83)81-62-86-82(61-85(81)89)80-28-20-68(8)56-84(80)90(86,76-26-30-88(70(10)58-76)108-54-52-104-46-44-100-38-36-96-12)78-24-22-72(66-106-50-48-102-42-40-98-34-32-94)74(60-78)64-92(16-4,17-5)18-6/h19-30,55-62,93-94H,13-18,31-54,63-66H2,1-12H3/q+2. The summed E-state index contributed by atoms with van der Waals surface area (Å²) in [6.07, 6.45) is 0. The number of methoxy groups -OCH3 is 2. The number of hydrogen-bond donors (Lipinski definition) is 2. The molecule has 2 N–H and O–H groups in total. The highest BCUT2D eigenvalue weighted by atomic mass is 16.6. The topological polar surface area (TPSA) is 170 Å². The molecule has 2 aliphatic carbocycles. The Morgan fingerprint density at radius 1 is 0.287 bits per heavy atom. The number of hydrogen-bond acceptors (Lipinski definition) is 16. The monoisotopic (exact) mass is 1490 g/mol. The summed E-state index contributed by atoms with van der Waals surface area (Å²) in [7, 11) is 3.35. The Kier molecular flexibility index (Phi) is 34.3. The molecule has 0 aromatic heterocycles. The molecule has 7 aromatic rings. The molecule has 0 radical (unpaired) electrons. The summed E-state index contributed by atoms with van der Waals surface area (Å²) in [6.45, 7) is 40.7. The molecule has 7 aromatic carbocycles. The Bertz CT molecular complexity index is 3630. The molecule has 18 nitrogen and oxygen atoms in total. The van der Waals surface area contributed by atoms with Gasteiger partial charge < -0.3 is 85.5 Å². The van der Waals surface area contributed by atoms with Crippen molar-refractivity contribution >= 4 is 0 Å². The maximum absolute atomic E-state index is 9.23. The summed E-state index contributed by atoms with van der Waals surface area (Å²) < 4.78 is 84.6. The first kappa shape index (κ1) is 85.5. The van der Waals surface area contributed by atoms with E-state index in [1.165, 1.54) is 77.9 Å². The molecule has 0 spiro atoms. The van der Waals surface area contributed by atoms with Gasteiger partial charge >= 0.3 is 0 Å². The Labute approximate surface area is 644 Å². The molecule has 0 aliphatic heterocycles. The van der Waals surface area contributed by atoms with Gasteiger partial charge in [-0.05, 0) is 195 Å². The summed E-state index contributed by atoms with van der Waals surface area (Å²) in [5.41, 5.74) is 21.8. The second kappa shape index (κ2) is 43.3. The van der Waals surface area contributed by atoms with Gasteiger partial charge in [-0.25, -0.2) is 0 Å². The number of fused-ring (bicyclic) bond motifs is 6. The van der Waals surface area contributed by atoms with Gasteiger partial charge in [-0.3, -0.25) is 0 Å². The quantitative estimate of drug-likeness (QED) is 0.0272. The fourth-order valence-corrected chi connectivity index (χ4v) is 15.8. The van der Waals surface area contributed by atoms with E-state index in [-0.39, 0.29) is 26.4 Å². The molecule has 2 unspecified atom stereocenters. The zero-order valence-electron chi connectivity index (χ0n) is 67.1. The average Bonchev–Trinajstić information content (AvgIpc) is 1.50. The summed E-state index contributed by atoms with van der Waals surface area (Å²) in [5.74, 6) is 1.61. The predicted molar refractivity (Wildman–Crippen MR) is 426 cm³/mol. The van der Waals surface area contributed by atoms with Crippen LogP contribution < -0.4 is 9.47 Å². The highest BCUT2D eigenvalue weighted by molar-refractivity contribution is 5.95. The molecule has 9 rings (SSSR count). The minimum absolute atomic E-state index is 0.0179. The summed E-state index contributed by atoms with van der Waals surface area (Å²) in [6, 6.07) is 47.7. The SMILES string of the molecule is CC[N+](CC)(CC)Cc1cc(C2(c3ccc(OCCOCCOCCOC)c(C)c3)c3cc(C)ccc3-c3cc4c(cc32)-c2ccc(C)cc2C4(c2ccc(OCCOCCOCCOC)c(C)c2)c2ccc(COCCOCCOCCO)c(C[N+](CC)(CC)CC)c2)ccc1COCCOCCOCCO. The number of benzene rings is 7. The molecule has 0 saturated heterocycles.